The Morgan fingerprint density at radius 2 is 1.94 bits per heavy atom. The Bertz CT molecular complexity index is 519. The maximum Gasteiger partial charge on any atom is 0.280 e. The molecule has 0 radical (unpaired) electrons. The van der Waals surface area contributed by atoms with Crippen molar-refractivity contribution in [2.24, 2.45) is 0 Å². The number of Topliss-reactive ketones (excluding diaryl/α,β-unsaturated/α-hetero) is 1. The van der Waals surface area contributed by atoms with Gasteiger partial charge in [0.05, 0.1) is 10.5 Å². The fourth-order valence-corrected chi connectivity index (χ4v) is 2.91. The van der Waals surface area contributed by atoms with Crippen LogP contribution in [-0.4, -0.2) is 10.7 Å². The first kappa shape index (κ1) is 9.51. The summed E-state index contributed by atoms with van der Waals surface area (Å²) in [4.78, 5) is 22.2. The highest BCUT2D eigenvalue weighted by molar-refractivity contribution is 6.04. The third-order valence-electron chi connectivity index (χ3n) is 3.57. The molecule has 0 saturated heterocycles. The van der Waals surface area contributed by atoms with Gasteiger partial charge in [0.25, 0.3) is 5.69 Å². The Morgan fingerprint density at radius 1 is 1.12 bits per heavy atom. The zero-order valence-electron chi connectivity index (χ0n) is 8.78. The summed E-state index contributed by atoms with van der Waals surface area (Å²) in [5.41, 5.74) is 3.68. The molecule has 1 aromatic rings. The molecule has 0 aromatic heterocycles. The van der Waals surface area contributed by atoms with E-state index in [1.54, 1.807) is 6.07 Å². The topological polar surface area (TPSA) is 60.2 Å². The monoisotopic (exact) mass is 217 g/mol. The molecule has 82 valence electrons. The van der Waals surface area contributed by atoms with Crippen molar-refractivity contribution in [3.8, 4) is 0 Å². The van der Waals surface area contributed by atoms with Crippen LogP contribution in [-0.2, 0) is 19.3 Å². The van der Waals surface area contributed by atoms with E-state index in [0.29, 0.717) is 18.4 Å². The standard InChI is InChI=1S/C12H11NO3/c14-11-5-4-9-8-3-1-2-7(8)6-10(12(9)11)13(15)16/h6H,1-5H2. The number of aryl methyl sites for hydroxylation is 1. The highest BCUT2D eigenvalue weighted by Gasteiger charge is 2.33. The summed E-state index contributed by atoms with van der Waals surface area (Å²) in [6.45, 7) is 0. The van der Waals surface area contributed by atoms with Gasteiger partial charge in [0.15, 0.2) is 5.78 Å². The lowest BCUT2D eigenvalue weighted by Crippen LogP contribution is -2.02. The van der Waals surface area contributed by atoms with Gasteiger partial charge in [-0.3, -0.25) is 14.9 Å². The van der Waals surface area contributed by atoms with Gasteiger partial charge in [-0.1, -0.05) is 0 Å². The van der Waals surface area contributed by atoms with Crippen LogP contribution < -0.4 is 0 Å². The summed E-state index contributed by atoms with van der Waals surface area (Å²) >= 11 is 0. The zero-order chi connectivity index (χ0) is 11.3. The Balaban J connectivity index is 2.33. The van der Waals surface area contributed by atoms with Gasteiger partial charge in [-0.25, -0.2) is 0 Å². The predicted molar refractivity (Wildman–Crippen MR) is 57.8 cm³/mol. The molecule has 0 fully saturated rings. The smallest absolute Gasteiger partial charge is 0.280 e. The SMILES string of the molecule is O=C1CCc2c3c(cc([N+](=O)[O-])c21)CCC3. The molecule has 1 aromatic carbocycles. The third kappa shape index (κ3) is 1.13. The van der Waals surface area contributed by atoms with E-state index < -0.39 is 4.92 Å². The summed E-state index contributed by atoms with van der Waals surface area (Å²) in [7, 11) is 0. The summed E-state index contributed by atoms with van der Waals surface area (Å²) < 4.78 is 0. The van der Waals surface area contributed by atoms with Gasteiger partial charge in [0.2, 0.25) is 0 Å². The fraction of sp³-hybridized carbons (Fsp3) is 0.417. The number of ketones is 1. The second kappa shape index (κ2) is 3.14. The molecule has 0 unspecified atom stereocenters. The average molecular weight is 217 g/mol. The molecule has 2 aliphatic rings. The molecular formula is C12H11NO3. The number of hydrogen-bond donors (Lipinski definition) is 0. The maximum atomic E-state index is 11.7. The van der Waals surface area contributed by atoms with E-state index in [1.807, 2.05) is 0 Å². The predicted octanol–water partition coefficient (Wildman–Crippen LogP) is 2.21. The number of hydrogen-bond acceptors (Lipinski definition) is 3. The molecule has 0 heterocycles. The number of nitro groups is 1. The highest BCUT2D eigenvalue weighted by Crippen LogP contribution is 2.38. The van der Waals surface area contributed by atoms with Crippen LogP contribution in [0.25, 0.3) is 0 Å². The van der Waals surface area contributed by atoms with Crippen molar-refractivity contribution in [1.29, 1.82) is 0 Å². The van der Waals surface area contributed by atoms with Crippen LogP contribution in [0.3, 0.4) is 0 Å². The minimum Gasteiger partial charge on any atom is -0.294 e. The first-order valence-corrected chi connectivity index (χ1v) is 5.53. The summed E-state index contributed by atoms with van der Waals surface area (Å²) in [5, 5.41) is 11.0. The van der Waals surface area contributed by atoms with Crippen LogP contribution >= 0.6 is 0 Å². The lowest BCUT2D eigenvalue weighted by Gasteiger charge is -2.06. The van der Waals surface area contributed by atoms with Crippen molar-refractivity contribution < 1.29 is 9.72 Å². The van der Waals surface area contributed by atoms with E-state index in [-0.39, 0.29) is 11.5 Å². The number of benzene rings is 1. The maximum absolute atomic E-state index is 11.7. The van der Waals surface area contributed by atoms with Crippen LogP contribution in [0.1, 0.15) is 39.9 Å². The van der Waals surface area contributed by atoms with Crippen molar-refractivity contribution in [2.75, 3.05) is 0 Å². The molecule has 3 rings (SSSR count). The van der Waals surface area contributed by atoms with E-state index in [9.17, 15) is 14.9 Å². The normalized spacial score (nSPS) is 17.4. The largest absolute Gasteiger partial charge is 0.294 e. The molecule has 16 heavy (non-hydrogen) atoms. The lowest BCUT2D eigenvalue weighted by atomic mass is 9.98. The van der Waals surface area contributed by atoms with Gasteiger partial charge in [-0.15, -0.1) is 0 Å². The third-order valence-corrected chi connectivity index (χ3v) is 3.57. The number of fused-ring (bicyclic) bond motifs is 3. The molecule has 0 bridgehead atoms. The fourth-order valence-electron chi connectivity index (χ4n) is 2.91. The minimum absolute atomic E-state index is 0.0261. The molecule has 2 aliphatic carbocycles. The van der Waals surface area contributed by atoms with Crippen molar-refractivity contribution in [2.45, 2.75) is 32.1 Å². The zero-order valence-corrected chi connectivity index (χ0v) is 8.78. The molecule has 4 nitrogen and oxygen atoms in total. The van der Waals surface area contributed by atoms with Gasteiger partial charge < -0.3 is 0 Å². The van der Waals surface area contributed by atoms with Gasteiger partial charge >= 0.3 is 0 Å². The minimum atomic E-state index is -0.416. The summed E-state index contributed by atoms with van der Waals surface area (Å²) in [5.74, 6) is -0.0589. The van der Waals surface area contributed by atoms with Gasteiger partial charge in [-0.2, -0.15) is 0 Å². The van der Waals surface area contributed by atoms with Crippen molar-refractivity contribution in [3.63, 3.8) is 0 Å². The van der Waals surface area contributed by atoms with Gasteiger partial charge in [0.1, 0.15) is 0 Å². The van der Waals surface area contributed by atoms with Gasteiger partial charge in [0, 0.05) is 12.5 Å². The Kier molecular flexibility index (Phi) is 1.87. The van der Waals surface area contributed by atoms with E-state index in [2.05, 4.69) is 0 Å². The first-order chi connectivity index (χ1) is 7.68. The number of carbonyl (C=O) groups is 1. The second-order valence-corrected chi connectivity index (χ2v) is 4.42. The Hall–Kier alpha value is -1.71. The van der Waals surface area contributed by atoms with Gasteiger partial charge in [-0.05, 0) is 42.4 Å². The quantitative estimate of drug-likeness (QED) is 0.535. The number of rotatable bonds is 1. The number of nitrogens with zero attached hydrogens (tertiary/aromatic N) is 1. The van der Waals surface area contributed by atoms with Crippen LogP contribution in [0.5, 0.6) is 0 Å². The van der Waals surface area contributed by atoms with E-state index in [0.717, 1.165) is 30.4 Å². The molecule has 0 N–H and O–H groups in total. The number of nitro benzene ring substituents is 1. The molecule has 0 amide bonds. The number of carbonyl (C=O) groups excluding carboxylic acids is 1. The van der Waals surface area contributed by atoms with Crippen LogP contribution in [0, 0.1) is 10.1 Å². The highest BCUT2D eigenvalue weighted by atomic mass is 16.6. The van der Waals surface area contributed by atoms with Crippen molar-refractivity contribution in [1.82, 2.24) is 0 Å². The molecule has 4 heteroatoms. The van der Waals surface area contributed by atoms with Crippen molar-refractivity contribution >= 4 is 11.5 Å². The lowest BCUT2D eigenvalue weighted by molar-refractivity contribution is -0.385. The van der Waals surface area contributed by atoms with Crippen LogP contribution in [0.2, 0.25) is 0 Å². The first-order valence-electron chi connectivity index (χ1n) is 5.53. The molecule has 0 aliphatic heterocycles. The van der Waals surface area contributed by atoms with E-state index in [4.69, 9.17) is 0 Å². The Labute approximate surface area is 92.4 Å². The average Bonchev–Trinajstić information content (AvgIpc) is 2.83. The second-order valence-electron chi connectivity index (χ2n) is 4.42. The van der Waals surface area contributed by atoms with Crippen molar-refractivity contribution in [3.05, 3.63) is 38.4 Å². The molecule has 0 atom stereocenters. The summed E-state index contributed by atoms with van der Waals surface area (Å²) in [6.07, 6.45) is 4.07. The van der Waals surface area contributed by atoms with E-state index in [1.165, 1.54) is 5.56 Å². The molecular weight excluding hydrogens is 206 g/mol. The molecule has 0 spiro atoms. The Morgan fingerprint density at radius 3 is 2.69 bits per heavy atom. The summed E-state index contributed by atoms with van der Waals surface area (Å²) in [6, 6.07) is 1.62. The van der Waals surface area contributed by atoms with Crippen LogP contribution in [0.15, 0.2) is 6.07 Å². The molecule has 0 saturated carbocycles. The van der Waals surface area contributed by atoms with Crippen LogP contribution in [0.4, 0.5) is 5.69 Å². The van der Waals surface area contributed by atoms with E-state index >= 15 is 0 Å².